The van der Waals surface area contributed by atoms with E-state index in [-0.39, 0.29) is 12.5 Å². The van der Waals surface area contributed by atoms with Crippen LogP contribution in [0.1, 0.15) is 17.0 Å². The first kappa shape index (κ1) is 13.9. The van der Waals surface area contributed by atoms with Crippen LogP contribution < -0.4 is 5.32 Å². The van der Waals surface area contributed by atoms with Crippen molar-refractivity contribution in [1.82, 2.24) is 15.1 Å². The summed E-state index contributed by atoms with van der Waals surface area (Å²) in [5.74, 6) is 2.31. The van der Waals surface area contributed by atoms with Crippen LogP contribution in [0.25, 0.3) is 5.69 Å². The lowest BCUT2D eigenvalue weighted by molar-refractivity contribution is -0.120. The minimum Gasteiger partial charge on any atom is -0.345 e. The van der Waals surface area contributed by atoms with E-state index in [0.29, 0.717) is 6.42 Å². The number of nitrogens with one attached hydrogen (secondary N) is 1. The van der Waals surface area contributed by atoms with Crippen molar-refractivity contribution in [2.24, 2.45) is 0 Å². The van der Waals surface area contributed by atoms with Crippen molar-refractivity contribution in [3.05, 3.63) is 47.3 Å². The van der Waals surface area contributed by atoms with Gasteiger partial charge in [0.2, 0.25) is 5.91 Å². The molecule has 0 spiro atoms. The molecule has 0 fully saturated rings. The van der Waals surface area contributed by atoms with Gasteiger partial charge < -0.3 is 5.32 Å². The number of nitrogens with zero attached hydrogens (tertiary/aromatic N) is 2. The number of terminal acetylenes is 1. The first-order chi connectivity index (χ1) is 9.63. The molecule has 1 aromatic heterocycles. The van der Waals surface area contributed by atoms with Crippen molar-refractivity contribution in [2.45, 2.75) is 20.3 Å². The van der Waals surface area contributed by atoms with Gasteiger partial charge in [-0.15, -0.1) is 6.42 Å². The number of aryl methyl sites for hydroxylation is 1. The number of rotatable bonds is 4. The Morgan fingerprint density at radius 1 is 1.35 bits per heavy atom. The maximum atomic E-state index is 11.8. The third-order valence-corrected chi connectivity index (χ3v) is 3.17. The normalized spacial score (nSPS) is 10.1. The largest absolute Gasteiger partial charge is 0.345 e. The van der Waals surface area contributed by atoms with Crippen molar-refractivity contribution >= 4 is 5.91 Å². The summed E-state index contributed by atoms with van der Waals surface area (Å²) in [7, 11) is 0. The molecule has 1 aromatic carbocycles. The number of benzene rings is 1. The molecule has 1 amide bonds. The first-order valence-corrected chi connectivity index (χ1v) is 6.44. The Bertz CT molecular complexity index is 650. The van der Waals surface area contributed by atoms with E-state index in [1.54, 1.807) is 0 Å². The molecule has 2 rings (SSSR count). The smallest absolute Gasteiger partial charge is 0.225 e. The fraction of sp³-hybridized carbons (Fsp3) is 0.250. The summed E-state index contributed by atoms with van der Waals surface area (Å²) in [5, 5.41) is 7.18. The molecule has 0 aliphatic carbocycles. The van der Waals surface area contributed by atoms with Gasteiger partial charge in [0.15, 0.2) is 0 Å². The quantitative estimate of drug-likeness (QED) is 0.858. The second-order valence-corrected chi connectivity index (χ2v) is 4.55. The van der Waals surface area contributed by atoms with E-state index in [2.05, 4.69) is 16.3 Å². The predicted molar refractivity (Wildman–Crippen MR) is 78.6 cm³/mol. The lowest BCUT2D eigenvalue weighted by atomic mass is 10.1. The molecule has 20 heavy (non-hydrogen) atoms. The number of aromatic nitrogens is 2. The molecule has 0 saturated carbocycles. The van der Waals surface area contributed by atoms with Gasteiger partial charge in [-0.2, -0.15) is 5.10 Å². The zero-order chi connectivity index (χ0) is 14.5. The van der Waals surface area contributed by atoms with Gasteiger partial charge in [0.05, 0.1) is 24.3 Å². The van der Waals surface area contributed by atoms with Gasteiger partial charge in [0.1, 0.15) is 0 Å². The highest BCUT2D eigenvalue weighted by atomic mass is 16.1. The monoisotopic (exact) mass is 267 g/mol. The van der Waals surface area contributed by atoms with E-state index in [9.17, 15) is 4.79 Å². The summed E-state index contributed by atoms with van der Waals surface area (Å²) < 4.78 is 1.86. The molecule has 0 bridgehead atoms. The topological polar surface area (TPSA) is 46.9 Å². The Kier molecular flexibility index (Phi) is 4.21. The maximum absolute atomic E-state index is 11.8. The number of para-hydroxylation sites is 1. The predicted octanol–water partition coefficient (Wildman–Crippen LogP) is 1.78. The van der Waals surface area contributed by atoms with Crippen molar-refractivity contribution < 1.29 is 4.79 Å². The van der Waals surface area contributed by atoms with E-state index in [1.165, 1.54) is 0 Å². The Balaban J connectivity index is 2.26. The second-order valence-electron chi connectivity index (χ2n) is 4.55. The molecule has 4 nitrogen and oxygen atoms in total. The molecule has 0 saturated heterocycles. The van der Waals surface area contributed by atoms with Crippen LogP contribution >= 0.6 is 0 Å². The summed E-state index contributed by atoms with van der Waals surface area (Å²) in [5.41, 5.74) is 3.78. The van der Waals surface area contributed by atoms with Crippen molar-refractivity contribution in [1.29, 1.82) is 0 Å². The Labute approximate surface area is 118 Å². The SMILES string of the molecule is C#CCNC(=O)Cc1c(C)nn(-c2ccccc2)c1C. The maximum Gasteiger partial charge on any atom is 0.225 e. The van der Waals surface area contributed by atoms with Gasteiger partial charge in [-0.1, -0.05) is 24.1 Å². The molecular formula is C16H17N3O. The molecule has 1 N–H and O–H groups in total. The summed E-state index contributed by atoms with van der Waals surface area (Å²) in [6.45, 7) is 4.14. The van der Waals surface area contributed by atoms with Gasteiger partial charge in [-0.3, -0.25) is 4.79 Å². The molecule has 0 aliphatic rings. The minimum atomic E-state index is -0.0817. The van der Waals surface area contributed by atoms with Gasteiger partial charge in [0, 0.05) is 11.3 Å². The van der Waals surface area contributed by atoms with Crippen LogP contribution in [-0.2, 0) is 11.2 Å². The fourth-order valence-electron chi connectivity index (χ4n) is 2.12. The zero-order valence-corrected chi connectivity index (χ0v) is 11.7. The highest BCUT2D eigenvalue weighted by Gasteiger charge is 2.15. The Hall–Kier alpha value is -2.54. The van der Waals surface area contributed by atoms with Crippen LogP contribution in [-0.4, -0.2) is 22.2 Å². The number of hydrogen-bond acceptors (Lipinski definition) is 2. The zero-order valence-electron chi connectivity index (χ0n) is 11.7. The van der Waals surface area contributed by atoms with E-state index in [1.807, 2.05) is 48.9 Å². The van der Waals surface area contributed by atoms with Crippen LogP contribution in [0.2, 0.25) is 0 Å². The summed E-state index contributed by atoms with van der Waals surface area (Å²) in [6.07, 6.45) is 5.43. The van der Waals surface area contributed by atoms with Crippen LogP contribution in [0.4, 0.5) is 0 Å². The van der Waals surface area contributed by atoms with E-state index in [4.69, 9.17) is 6.42 Å². The van der Waals surface area contributed by atoms with Crippen molar-refractivity contribution in [3.8, 4) is 18.0 Å². The second kappa shape index (κ2) is 6.07. The molecule has 1 heterocycles. The number of carbonyl (C=O) groups is 1. The summed E-state index contributed by atoms with van der Waals surface area (Å²) in [6, 6.07) is 9.86. The van der Waals surface area contributed by atoms with Gasteiger partial charge in [-0.05, 0) is 26.0 Å². The number of amides is 1. The summed E-state index contributed by atoms with van der Waals surface area (Å²) >= 11 is 0. The van der Waals surface area contributed by atoms with E-state index < -0.39 is 0 Å². The molecule has 0 aliphatic heterocycles. The highest BCUT2D eigenvalue weighted by Crippen LogP contribution is 2.18. The average molecular weight is 267 g/mol. The van der Waals surface area contributed by atoms with E-state index >= 15 is 0 Å². The molecule has 0 atom stereocenters. The number of hydrogen-bond donors (Lipinski definition) is 1. The van der Waals surface area contributed by atoms with Crippen molar-refractivity contribution in [2.75, 3.05) is 6.54 Å². The standard InChI is InChI=1S/C16H17N3O/c1-4-10-17-16(20)11-15-12(2)18-19(13(15)3)14-8-6-5-7-9-14/h1,5-9H,10-11H2,2-3H3,(H,17,20). The Morgan fingerprint density at radius 3 is 2.70 bits per heavy atom. The van der Waals surface area contributed by atoms with Crippen molar-refractivity contribution in [3.63, 3.8) is 0 Å². The van der Waals surface area contributed by atoms with Gasteiger partial charge in [0.25, 0.3) is 0 Å². The van der Waals surface area contributed by atoms with Crippen LogP contribution in [0.15, 0.2) is 30.3 Å². The van der Waals surface area contributed by atoms with Gasteiger partial charge in [-0.25, -0.2) is 4.68 Å². The highest BCUT2D eigenvalue weighted by molar-refractivity contribution is 5.79. The third-order valence-electron chi connectivity index (χ3n) is 3.17. The number of carbonyl (C=O) groups excluding carboxylic acids is 1. The van der Waals surface area contributed by atoms with E-state index in [0.717, 1.165) is 22.6 Å². The Morgan fingerprint density at radius 2 is 2.05 bits per heavy atom. The average Bonchev–Trinajstić information content (AvgIpc) is 2.74. The van der Waals surface area contributed by atoms with Crippen LogP contribution in [0.3, 0.4) is 0 Å². The minimum absolute atomic E-state index is 0.0817. The molecular weight excluding hydrogens is 250 g/mol. The third kappa shape index (κ3) is 2.89. The fourth-order valence-corrected chi connectivity index (χ4v) is 2.12. The molecule has 0 unspecified atom stereocenters. The van der Waals surface area contributed by atoms with Crippen LogP contribution in [0, 0.1) is 26.2 Å². The lowest BCUT2D eigenvalue weighted by Gasteiger charge is -2.05. The first-order valence-electron chi connectivity index (χ1n) is 6.44. The molecule has 2 aromatic rings. The lowest BCUT2D eigenvalue weighted by Crippen LogP contribution is -2.25. The molecule has 0 radical (unpaired) electrons. The molecule has 102 valence electrons. The summed E-state index contributed by atoms with van der Waals surface area (Å²) in [4.78, 5) is 11.8. The van der Waals surface area contributed by atoms with Crippen LogP contribution in [0.5, 0.6) is 0 Å². The molecule has 4 heteroatoms. The van der Waals surface area contributed by atoms with Gasteiger partial charge >= 0.3 is 0 Å².